The molecule has 20 heavy (non-hydrogen) atoms. The second-order valence-corrected chi connectivity index (χ2v) is 7.63. The van der Waals surface area contributed by atoms with Crippen LogP contribution in [0.4, 0.5) is 0 Å². The SMILES string of the molecule is CCC(CC)(CC)NS(=O)(=O)N(C)CCCNC1CC1. The third-order valence-corrected chi connectivity index (χ3v) is 6.14. The summed E-state index contributed by atoms with van der Waals surface area (Å²) in [5, 5.41) is 3.40. The van der Waals surface area contributed by atoms with E-state index in [1.165, 1.54) is 17.1 Å². The Labute approximate surface area is 124 Å². The topological polar surface area (TPSA) is 61.4 Å². The van der Waals surface area contributed by atoms with Gasteiger partial charge in [0.15, 0.2) is 0 Å². The number of rotatable bonds is 11. The lowest BCUT2D eigenvalue weighted by Gasteiger charge is -2.33. The van der Waals surface area contributed by atoms with Gasteiger partial charge in [0.05, 0.1) is 0 Å². The van der Waals surface area contributed by atoms with E-state index in [0.29, 0.717) is 12.6 Å². The summed E-state index contributed by atoms with van der Waals surface area (Å²) < 4.78 is 29.1. The van der Waals surface area contributed by atoms with Gasteiger partial charge >= 0.3 is 0 Å². The molecule has 1 aliphatic carbocycles. The number of nitrogens with one attached hydrogen (secondary N) is 2. The minimum Gasteiger partial charge on any atom is -0.314 e. The van der Waals surface area contributed by atoms with Crippen LogP contribution in [-0.4, -0.2) is 44.4 Å². The van der Waals surface area contributed by atoms with Crippen molar-refractivity contribution in [3.8, 4) is 0 Å². The lowest BCUT2D eigenvalue weighted by atomic mass is 9.91. The molecule has 1 saturated carbocycles. The number of hydrogen-bond donors (Lipinski definition) is 2. The summed E-state index contributed by atoms with van der Waals surface area (Å²) in [5.41, 5.74) is -0.306. The maximum absolute atomic E-state index is 12.4. The highest BCUT2D eigenvalue weighted by molar-refractivity contribution is 7.87. The molecule has 0 bridgehead atoms. The molecular formula is C14H31N3O2S. The van der Waals surface area contributed by atoms with E-state index in [-0.39, 0.29) is 5.54 Å². The van der Waals surface area contributed by atoms with Crippen LogP contribution in [0, 0.1) is 0 Å². The summed E-state index contributed by atoms with van der Waals surface area (Å²) in [5.74, 6) is 0. The van der Waals surface area contributed by atoms with Crippen LogP contribution in [0.3, 0.4) is 0 Å². The zero-order valence-corrected chi connectivity index (χ0v) is 14.2. The minimum atomic E-state index is -3.38. The summed E-state index contributed by atoms with van der Waals surface area (Å²) in [7, 11) is -1.73. The summed E-state index contributed by atoms with van der Waals surface area (Å²) >= 11 is 0. The molecule has 1 rings (SSSR count). The van der Waals surface area contributed by atoms with Crippen molar-refractivity contribution in [3.63, 3.8) is 0 Å². The standard InChI is InChI=1S/C14H31N3O2S/c1-5-14(6-2,7-3)16-20(18,19)17(4)12-8-11-15-13-9-10-13/h13,15-16H,5-12H2,1-4H3. The second kappa shape index (κ2) is 7.73. The van der Waals surface area contributed by atoms with Crippen molar-refractivity contribution in [3.05, 3.63) is 0 Å². The Hall–Kier alpha value is -0.170. The van der Waals surface area contributed by atoms with Crippen LogP contribution < -0.4 is 10.0 Å². The Morgan fingerprint density at radius 1 is 1.15 bits per heavy atom. The first-order valence-corrected chi connectivity index (χ1v) is 9.31. The molecule has 0 saturated heterocycles. The van der Waals surface area contributed by atoms with Gasteiger partial charge in [0.25, 0.3) is 10.2 Å². The summed E-state index contributed by atoms with van der Waals surface area (Å²) in [6.45, 7) is 7.56. The molecule has 0 aromatic carbocycles. The average molecular weight is 305 g/mol. The molecule has 0 atom stereocenters. The monoisotopic (exact) mass is 305 g/mol. The molecule has 0 heterocycles. The van der Waals surface area contributed by atoms with E-state index in [2.05, 4.69) is 10.0 Å². The van der Waals surface area contributed by atoms with Gasteiger partial charge in [-0.05, 0) is 45.1 Å². The molecule has 1 aliphatic rings. The van der Waals surface area contributed by atoms with Crippen LogP contribution in [0.5, 0.6) is 0 Å². The van der Waals surface area contributed by atoms with E-state index in [9.17, 15) is 8.42 Å². The van der Waals surface area contributed by atoms with Crippen molar-refractivity contribution in [2.45, 2.75) is 70.9 Å². The van der Waals surface area contributed by atoms with Crippen molar-refractivity contribution in [2.75, 3.05) is 20.1 Å². The van der Waals surface area contributed by atoms with Crippen LogP contribution in [0.15, 0.2) is 0 Å². The first-order chi connectivity index (χ1) is 9.39. The van der Waals surface area contributed by atoms with Gasteiger partial charge in [-0.25, -0.2) is 0 Å². The summed E-state index contributed by atoms with van der Waals surface area (Å²) in [6, 6.07) is 0.683. The molecule has 2 N–H and O–H groups in total. The largest absolute Gasteiger partial charge is 0.314 e. The highest BCUT2D eigenvalue weighted by Gasteiger charge is 2.31. The van der Waals surface area contributed by atoms with Crippen LogP contribution in [0.1, 0.15) is 59.3 Å². The third-order valence-electron chi connectivity index (χ3n) is 4.45. The van der Waals surface area contributed by atoms with Crippen LogP contribution in [0.25, 0.3) is 0 Å². The molecule has 120 valence electrons. The molecule has 1 fully saturated rings. The van der Waals surface area contributed by atoms with Crippen LogP contribution in [-0.2, 0) is 10.2 Å². The lowest BCUT2D eigenvalue weighted by Crippen LogP contribution is -2.52. The predicted molar refractivity (Wildman–Crippen MR) is 83.9 cm³/mol. The molecule has 6 heteroatoms. The summed E-state index contributed by atoms with van der Waals surface area (Å²) in [6.07, 6.45) is 5.83. The Morgan fingerprint density at radius 3 is 2.15 bits per heavy atom. The predicted octanol–water partition coefficient (Wildman–Crippen LogP) is 1.86. The third kappa shape index (κ3) is 5.31. The van der Waals surface area contributed by atoms with Gasteiger partial charge in [-0.15, -0.1) is 0 Å². The van der Waals surface area contributed by atoms with Gasteiger partial charge in [-0.1, -0.05) is 20.8 Å². The fourth-order valence-corrected chi connectivity index (χ4v) is 3.84. The van der Waals surface area contributed by atoms with Crippen molar-refractivity contribution in [1.29, 1.82) is 0 Å². The molecule has 0 aromatic rings. The van der Waals surface area contributed by atoms with Gasteiger partial charge < -0.3 is 5.32 Å². The summed E-state index contributed by atoms with van der Waals surface area (Å²) in [4.78, 5) is 0. The minimum absolute atomic E-state index is 0.306. The van der Waals surface area contributed by atoms with Crippen molar-refractivity contribution >= 4 is 10.2 Å². The second-order valence-electron chi connectivity index (χ2n) is 5.85. The molecule has 0 spiro atoms. The fraction of sp³-hybridized carbons (Fsp3) is 1.00. The highest BCUT2D eigenvalue weighted by atomic mass is 32.2. The molecule has 5 nitrogen and oxygen atoms in total. The molecule has 0 aliphatic heterocycles. The molecule has 0 amide bonds. The molecule has 0 aromatic heterocycles. The Morgan fingerprint density at radius 2 is 1.70 bits per heavy atom. The van der Waals surface area contributed by atoms with E-state index < -0.39 is 10.2 Å². The molecule has 0 radical (unpaired) electrons. The van der Waals surface area contributed by atoms with Gasteiger partial charge in [0.2, 0.25) is 0 Å². The van der Waals surface area contributed by atoms with Crippen LogP contribution >= 0.6 is 0 Å². The number of nitrogens with zero attached hydrogens (tertiary/aromatic N) is 1. The Kier molecular flexibility index (Phi) is 6.91. The van der Waals surface area contributed by atoms with Crippen LogP contribution in [0.2, 0.25) is 0 Å². The van der Waals surface area contributed by atoms with Crippen molar-refractivity contribution in [2.24, 2.45) is 0 Å². The smallest absolute Gasteiger partial charge is 0.279 e. The first kappa shape index (κ1) is 17.9. The van der Waals surface area contributed by atoms with Crippen molar-refractivity contribution < 1.29 is 8.42 Å². The Bertz CT molecular complexity index is 368. The van der Waals surface area contributed by atoms with E-state index in [1.54, 1.807) is 7.05 Å². The maximum atomic E-state index is 12.4. The average Bonchev–Trinajstić information content (AvgIpc) is 3.25. The molecular weight excluding hydrogens is 274 g/mol. The van der Waals surface area contributed by atoms with E-state index in [4.69, 9.17) is 0 Å². The van der Waals surface area contributed by atoms with Gasteiger partial charge in [-0.2, -0.15) is 17.4 Å². The van der Waals surface area contributed by atoms with E-state index >= 15 is 0 Å². The fourth-order valence-electron chi connectivity index (χ4n) is 2.33. The van der Waals surface area contributed by atoms with Gasteiger partial charge in [0, 0.05) is 25.2 Å². The van der Waals surface area contributed by atoms with E-state index in [1.807, 2.05) is 20.8 Å². The number of hydrogen-bond acceptors (Lipinski definition) is 3. The van der Waals surface area contributed by atoms with Gasteiger partial charge in [-0.3, -0.25) is 0 Å². The zero-order chi connectivity index (χ0) is 15.2. The van der Waals surface area contributed by atoms with Gasteiger partial charge in [0.1, 0.15) is 0 Å². The zero-order valence-electron chi connectivity index (χ0n) is 13.4. The maximum Gasteiger partial charge on any atom is 0.279 e. The first-order valence-electron chi connectivity index (χ1n) is 7.87. The normalized spacial score (nSPS) is 16.9. The Balaban J connectivity index is 2.43. The van der Waals surface area contributed by atoms with E-state index in [0.717, 1.165) is 32.2 Å². The van der Waals surface area contributed by atoms with Crippen molar-refractivity contribution in [1.82, 2.24) is 14.3 Å². The highest BCUT2D eigenvalue weighted by Crippen LogP contribution is 2.21. The lowest BCUT2D eigenvalue weighted by molar-refractivity contribution is 0.327. The quantitative estimate of drug-likeness (QED) is 0.573. The molecule has 0 unspecified atom stereocenters.